The van der Waals surface area contributed by atoms with Gasteiger partial charge in [-0.1, -0.05) is 30.3 Å². The van der Waals surface area contributed by atoms with Gasteiger partial charge in [0.1, 0.15) is 5.69 Å². The number of carbonyl (C=O) groups is 1. The van der Waals surface area contributed by atoms with Crippen LogP contribution >= 0.6 is 0 Å². The summed E-state index contributed by atoms with van der Waals surface area (Å²) in [5, 5.41) is 20.5. The van der Waals surface area contributed by atoms with Crippen molar-refractivity contribution in [1.82, 2.24) is 20.4 Å². The van der Waals surface area contributed by atoms with E-state index in [0.717, 1.165) is 31.5 Å². The minimum Gasteiger partial charge on any atom is -0.391 e. The molecule has 1 aromatic heterocycles. The van der Waals surface area contributed by atoms with Crippen LogP contribution in [0.1, 0.15) is 34.9 Å². The quantitative estimate of drug-likeness (QED) is 0.743. The number of benzene rings is 1. The summed E-state index contributed by atoms with van der Waals surface area (Å²) in [5.74, 6) is -0.246. The zero-order valence-corrected chi connectivity index (χ0v) is 13.7. The van der Waals surface area contributed by atoms with Crippen LogP contribution in [0, 0.1) is 0 Å². The van der Waals surface area contributed by atoms with Gasteiger partial charge in [-0.15, -0.1) is 0 Å². The third-order valence-electron chi connectivity index (χ3n) is 4.30. The Morgan fingerprint density at radius 1 is 1.38 bits per heavy atom. The third kappa shape index (κ3) is 4.43. The van der Waals surface area contributed by atoms with Crippen LogP contribution in [0.25, 0.3) is 0 Å². The largest absolute Gasteiger partial charge is 0.391 e. The summed E-state index contributed by atoms with van der Waals surface area (Å²) in [6.07, 6.45) is 3.96. The van der Waals surface area contributed by atoms with Crippen molar-refractivity contribution in [1.29, 1.82) is 0 Å². The SMILES string of the molecule is O=C(NCC(O)Cc1ccccc1)c1ccn(C2CCCNC2)n1. The van der Waals surface area contributed by atoms with E-state index in [9.17, 15) is 9.90 Å². The van der Waals surface area contributed by atoms with Gasteiger partial charge in [0.15, 0.2) is 0 Å². The van der Waals surface area contributed by atoms with Gasteiger partial charge >= 0.3 is 0 Å². The summed E-state index contributed by atoms with van der Waals surface area (Å²) in [5.41, 5.74) is 1.45. The summed E-state index contributed by atoms with van der Waals surface area (Å²) in [7, 11) is 0. The van der Waals surface area contributed by atoms with Crippen LogP contribution in [0.15, 0.2) is 42.6 Å². The maximum absolute atomic E-state index is 12.2. The fourth-order valence-corrected chi connectivity index (χ4v) is 2.98. The number of piperidine rings is 1. The Hall–Kier alpha value is -2.18. The Balaban J connectivity index is 1.49. The minimum absolute atomic E-state index is 0.214. The van der Waals surface area contributed by atoms with E-state index in [0.29, 0.717) is 18.2 Å². The van der Waals surface area contributed by atoms with Crippen molar-refractivity contribution in [2.24, 2.45) is 0 Å². The molecule has 6 heteroatoms. The maximum atomic E-state index is 12.2. The molecule has 2 atom stereocenters. The van der Waals surface area contributed by atoms with E-state index >= 15 is 0 Å². The van der Waals surface area contributed by atoms with E-state index in [4.69, 9.17) is 0 Å². The van der Waals surface area contributed by atoms with Gasteiger partial charge in [0.25, 0.3) is 5.91 Å². The molecule has 24 heavy (non-hydrogen) atoms. The Morgan fingerprint density at radius 2 is 2.21 bits per heavy atom. The number of carbonyl (C=O) groups excluding carboxylic acids is 1. The molecule has 1 aromatic carbocycles. The highest BCUT2D eigenvalue weighted by atomic mass is 16.3. The standard InChI is InChI=1S/C18H24N4O2/c23-16(11-14-5-2-1-3-6-14)13-20-18(24)17-8-10-22(21-17)15-7-4-9-19-12-15/h1-3,5-6,8,10,15-16,19,23H,4,7,9,11-13H2,(H,20,24). The molecule has 2 unspecified atom stereocenters. The summed E-state index contributed by atoms with van der Waals surface area (Å²) in [4.78, 5) is 12.2. The molecule has 0 aliphatic carbocycles. The van der Waals surface area contributed by atoms with Gasteiger partial charge < -0.3 is 15.7 Å². The molecule has 0 spiro atoms. The van der Waals surface area contributed by atoms with E-state index in [1.54, 1.807) is 6.07 Å². The average Bonchev–Trinajstić information content (AvgIpc) is 3.11. The lowest BCUT2D eigenvalue weighted by Gasteiger charge is -2.22. The van der Waals surface area contributed by atoms with E-state index in [2.05, 4.69) is 15.7 Å². The van der Waals surface area contributed by atoms with Crippen molar-refractivity contribution in [2.75, 3.05) is 19.6 Å². The van der Waals surface area contributed by atoms with Gasteiger partial charge in [-0.05, 0) is 31.0 Å². The topological polar surface area (TPSA) is 79.2 Å². The van der Waals surface area contributed by atoms with Gasteiger partial charge in [0.05, 0.1) is 12.1 Å². The second-order valence-corrected chi connectivity index (χ2v) is 6.23. The Kier molecular flexibility index (Phi) is 5.61. The Labute approximate surface area is 141 Å². The minimum atomic E-state index is -0.610. The number of amides is 1. The van der Waals surface area contributed by atoms with E-state index in [1.807, 2.05) is 41.2 Å². The third-order valence-corrected chi connectivity index (χ3v) is 4.30. The summed E-state index contributed by atoms with van der Waals surface area (Å²) >= 11 is 0. The van der Waals surface area contributed by atoms with Crippen LogP contribution in [0.3, 0.4) is 0 Å². The lowest BCUT2D eigenvalue weighted by atomic mass is 10.1. The lowest BCUT2D eigenvalue weighted by Crippen LogP contribution is -2.34. The lowest BCUT2D eigenvalue weighted by molar-refractivity contribution is 0.0909. The zero-order chi connectivity index (χ0) is 16.8. The number of nitrogens with one attached hydrogen (secondary N) is 2. The first-order valence-corrected chi connectivity index (χ1v) is 8.48. The first kappa shape index (κ1) is 16.7. The normalized spacial score (nSPS) is 19.0. The van der Waals surface area contributed by atoms with Crippen molar-refractivity contribution in [2.45, 2.75) is 31.4 Å². The number of hydrogen-bond acceptors (Lipinski definition) is 4. The molecular formula is C18H24N4O2. The second kappa shape index (κ2) is 8.08. The number of aliphatic hydroxyl groups is 1. The number of aliphatic hydroxyl groups excluding tert-OH is 1. The second-order valence-electron chi connectivity index (χ2n) is 6.23. The van der Waals surface area contributed by atoms with Gasteiger partial charge in [0.2, 0.25) is 0 Å². The van der Waals surface area contributed by atoms with Crippen molar-refractivity contribution in [3.63, 3.8) is 0 Å². The highest BCUT2D eigenvalue weighted by Gasteiger charge is 2.18. The van der Waals surface area contributed by atoms with Crippen LogP contribution in [0.4, 0.5) is 0 Å². The van der Waals surface area contributed by atoms with E-state index in [-0.39, 0.29) is 12.5 Å². The molecule has 1 fully saturated rings. The molecule has 3 rings (SSSR count). The number of hydrogen-bond donors (Lipinski definition) is 3. The van der Waals surface area contributed by atoms with Crippen LogP contribution in [-0.2, 0) is 6.42 Å². The maximum Gasteiger partial charge on any atom is 0.271 e. The summed E-state index contributed by atoms with van der Waals surface area (Å²) in [6, 6.07) is 11.8. The van der Waals surface area contributed by atoms with Gasteiger partial charge in [-0.2, -0.15) is 5.10 Å². The Bertz CT molecular complexity index is 650. The molecule has 1 aliphatic rings. The fourth-order valence-electron chi connectivity index (χ4n) is 2.98. The Morgan fingerprint density at radius 3 is 2.96 bits per heavy atom. The molecule has 2 aromatic rings. The molecule has 0 radical (unpaired) electrons. The monoisotopic (exact) mass is 328 g/mol. The molecule has 0 bridgehead atoms. The van der Waals surface area contributed by atoms with E-state index in [1.165, 1.54) is 0 Å². The molecule has 1 amide bonds. The van der Waals surface area contributed by atoms with Crippen LogP contribution in [0.5, 0.6) is 0 Å². The highest BCUT2D eigenvalue weighted by Crippen LogP contribution is 2.15. The number of aromatic nitrogens is 2. The van der Waals surface area contributed by atoms with Crippen molar-refractivity contribution in [3.8, 4) is 0 Å². The number of rotatable bonds is 6. The van der Waals surface area contributed by atoms with Crippen molar-refractivity contribution >= 4 is 5.91 Å². The molecule has 3 N–H and O–H groups in total. The predicted molar refractivity (Wildman–Crippen MR) is 91.9 cm³/mol. The van der Waals surface area contributed by atoms with Crippen molar-refractivity contribution in [3.05, 3.63) is 53.9 Å². The highest BCUT2D eigenvalue weighted by molar-refractivity contribution is 5.92. The van der Waals surface area contributed by atoms with Gasteiger partial charge in [-0.25, -0.2) is 0 Å². The van der Waals surface area contributed by atoms with Gasteiger partial charge in [-0.3, -0.25) is 9.48 Å². The molecule has 1 aliphatic heterocycles. The fraction of sp³-hybridized carbons (Fsp3) is 0.444. The molecule has 128 valence electrons. The van der Waals surface area contributed by atoms with Crippen LogP contribution < -0.4 is 10.6 Å². The van der Waals surface area contributed by atoms with Crippen molar-refractivity contribution < 1.29 is 9.90 Å². The molecular weight excluding hydrogens is 304 g/mol. The molecule has 1 saturated heterocycles. The summed E-state index contributed by atoms with van der Waals surface area (Å²) < 4.78 is 1.86. The molecule has 6 nitrogen and oxygen atoms in total. The summed E-state index contributed by atoms with van der Waals surface area (Å²) in [6.45, 7) is 2.15. The molecule has 2 heterocycles. The zero-order valence-electron chi connectivity index (χ0n) is 13.7. The van der Waals surface area contributed by atoms with Crippen LogP contribution in [-0.4, -0.2) is 46.5 Å². The smallest absolute Gasteiger partial charge is 0.271 e. The predicted octanol–water partition coefficient (Wildman–Crippen LogP) is 1.14. The van der Waals surface area contributed by atoms with Gasteiger partial charge in [0, 0.05) is 25.7 Å². The number of nitrogens with zero attached hydrogens (tertiary/aromatic N) is 2. The first-order valence-electron chi connectivity index (χ1n) is 8.48. The van der Waals surface area contributed by atoms with Crippen LogP contribution in [0.2, 0.25) is 0 Å². The average molecular weight is 328 g/mol. The first-order chi connectivity index (χ1) is 11.7. The molecule has 0 saturated carbocycles. The van der Waals surface area contributed by atoms with E-state index < -0.39 is 6.10 Å².